The van der Waals surface area contributed by atoms with E-state index in [9.17, 15) is 4.79 Å². The monoisotopic (exact) mass is 233 g/mol. The van der Waals surface area contributed by atoms with Crippen molar-refractivity contribution in [2.75, 3.05) is 31.9 Å². The molecule has 92 valence electrons. The Bertz CT molecular complexity index is 392. The average Bonchev–Trinajstić information content (AvgIpc) is 2.53. The summed E-state index contributed by atoms with van der Waals surface area (Å²) in [6.45, 7) is 3.17. The number of carbonyl (C=O) groups excluding carboxylic acids is 1. The third-order valence-electron chi connectivity index (χ3n) is 3.09. The minimum absolute atomic E-state index is 0.128. The Kier molecular flexibility index (Phi) is 3.98. The van der Waals surface area contributed by atoms with Gasteiger partial charge in [-0.1, -0.05) is 18.2 Å². The van der Waals surface area contributed by atoms with E-state index in [1.54, 1.807) is 0 Å². The molecule has 0 aliphatic carbocycles. The molecule has 0 spiro atoms. The van der Waals surface area contributed by atoms with E-state index in [0.717, 1.165) is 43.7 Å². The fourth-order valence-corrected chi connectivity index (χ4v) is 2.10. The molecule has 1 aliphatic heterocycles. The van der Waals surface area contributed by atoms with Crippen molar-refractivity contribution in [1.82, 2.24) is 10.2 Å². The Morgan fingerprint density at radius 1 is 1.35 bits per heavy atom. The molecule has 4 heteroatoms. The lowest BCUT2D eigenvalue weighted by Crippen LogP contribution is -2.34. The van der Waals surface area contributed by atoms with Gasteiger partial charge in [-0.05, 0) is 24.5 Å². The van der Waals surface area contributed by atoms with Crippen molar-refractivity contribution in [2.24, 2.45) is 0 Å². The first-order valence-electron chi connectivity index (χ1n) is 6.08. The molecular formula is C13H19N3O. The van der Waals surface area contributed by atoms with E-state index in [2.05, 4.69) is 10.2 Å². The number of carbonyl (C=O) groups is 1. The van der Waals surface area contributed by atoms with Crippen LogP contribution in [0.1, 0.15) is 12.0 Å². The summed E-state index contributed by atoms with van der Waals surface area (Å²) in [7, 11) is 0. The van der Waals surface area contributed by atoms with Crippen LogP contribution in [-0.4, -0.2) is 37.0 Å². The Labute approximate surface area is 102 Å². The van der Waals surface area contributed by atoms with E-state index in [1.807, 2.05) is 24.3 Å². The number of para-hydroxylation sites is 1. The lowest BCUT2D eigenvalue weighted by Gasteiger charge is -2.18. The van der Waals surface area contributed by atoms with Crippen LogP contribution >= 0.6 is 0 Å². The van der Waals surface area contributed by atoms with Gasteiger partial charge < -0.3 is 11.1 Å². The summed E-state index contributed by atoms with van der Waals surface area (Å²) in [5.74, 6) is 0.128. The minimum atomic E-state index is 0.128. The van der Waals surface area contributed by atoms with Gasteiger partial charge in [0.25, 0.3) is 0 Å². The molecule has 1 aromatic carbocycles. The van der Waals surface area contributed by atoms with Crippen LogP contribution in [0, 0.1) is 0 Å². The van der Waals surface area contributed by atoms with Crippen molar-refractivity contribution >= 4 is 11.6 Å². The second kappa shape index (κ2) is 5.68. The molecule has 4 nitrogen and oxygen atoms in total. The SMILES string of the molecule is Nc1ccccc1CCN1CCCNC(=O)C1. The van der Waals surface area contributed by atoms with Gasteiger partial charge in [-0.25, -0.2) is 0 Å². The number of nitrogens with zero attached hydrogens (tertiary/aromatic N) is 1. The zero-order chi connectivity index (χ0) is 12.1. The Morgan fingerprint density at radius 3 is 3.00 bits per heavy atom. The lowest BCUT2D eigenvalue weighted by molar-refractivity contribution is -0.121. The number of anilines is 1. The maximum atomic E-state index is 11.4. The van der Waals surface area contributed by atoms with Gasteiger partial charge in [-0.15, -0.1) is 0 Å². The van der Waals surface area contributed by atoms with Crippen LogP contribution in [0.5, 0.6) is 0 Å². The highest BCUT2D eigenvalue weighted by molar-refractivity contribution is 5.78. The molecule has 1 heterocycles. The summed E-state index contributed by atoms with van der Waals surface area (Å²) in [6.07, 6.45) is 1.93. The minimum Gasteiger partial charge on any atom is -0.399 e. The predicted octanol–water partition coefficient (Wildman–Crippen LogP) is 0.633. The molecule has 0 atom stereocenters. The van der Waals surface area contributed by atoms with E-state index in [0.29, 0.717) is 6.54 Å². The van der Waals surface area contributed by atoms with Gasteiger partial charge in [0.05, 0.1) is 6.54 Å². The van der Waals surface area contributed by atoms with Crippen LogP contribution in [0.15, 0.2) is 24.3 Å². The largest absolute Gasteiger partial charge is 0.399 e. The van der Waals surface area contributed by atoms with Crippen LogP contribution < -0.4 is 11.1 Å². The predicted molar refractivity (Wildman–Crippen MR) is 68.6 cm³/mol. The van der Waals surface area contributed by atoms with Gasteiger partial charge in [0.15, 0.2) is 0 Å². The van der Waals surface area contributed by atoms with Crippen LogP contribution in [0.4, 0.5) is 5.69 Å². The van der Waals surface area contributed by atoms with Crippen molar-refractivity contribution in [3.05, 3.63) is 29.8 Å². The molecule has 0 unspecified atom stereocenters. The highest BCUT2D eigenvalue weighted by Gasteiger charge is 2.14. The number of rotatable bonds is 3. The van der Waals surface area contributed by atoms with Crippen molar-refractivity contribution < 1.29 is 4.79 Å². The standard InChI is InChI=1S/C13H19N3O/c14-12-5-2-1-4-11(12)6-9-16-8-3-7-15-13(17)10-16/h1-2,4-5H,3,6-10,14H2,(H,15,17). The number of nitrogen functional groups attached to an aromatic ring is 1. The van der Waals surface area contributed by atoms with Crippen LogP contribution in [0.2, 0.25) is 0 Å². The van der Waals surface area contributed by atoms with E-state index in [1.165, 1.54) is 0 Å². The first-order valence-corrected chi connectivity index (χ1v) is 6.08. The fourth-order valence-electron chi connectivity index (χ4n) is 2.10. The summed E-state index contributed by atoms with van der Waals surface area (Å²) >= 11 is 0. The third kappa shape index (κ3) is 3.46. The molecule has 1 fully saturated rings. The second-order valence-corrected chi connectivity index (χ2v) is 4.43. The van der Waals surface area contributed by atoms with E-state index in [-0.39, 0.29) is 5.91 Å². The highest BCUT2D eigenvalue weighted by atomic mass is 16.2. The van der Waals surface area contributed by atoms with Gasteiger partial charge >= 0.3 is 0 Å². The molecule has 1 saturated heterocycles. The number of benzene rings is 1. The summed E-state index contributed by atoms with van der Waals surface area (Å²) in [6, 6.07) is 7.91. The van der Waals surface area contributed by atoms with Crippen LogP contribution in [0.25, 0.3) is 0 Å². The highest BCUT2D eigenvalue weighted by Crippen LogP contribution is 2.11. The molecule has 17 heavy (non-hydrogen) atoms. The maximum Gasteiger partial charge on any atom is 0.234 e. The lowest BCUT2D eigenvalue weighted by atomic mass is 10.1. The molecule has 1 amide bonds. The summed E-state index contributed by atoms with van der Waals surface area (Å²) in [5.41, 5.74) is 7.90. The normalized spacial score (nSPS) is 17.5. The van der Waals surface area contributed by atoms with Crippen molar-refractivity contribution in [3.8, 4) is 0 Å². The quantitative estimate of drug-likeness (QED) is 0.753. The molecule has 0 radical (unpaired) electrons. The third-order valence-corrected chi connectivity index (χ3v) is 3.09. The van der Waals surface area contributed by atoms with E-state index in [4.69, 9.17) is 5.73 Å². The van der Waals surface area contributed by atoms with Gasteiger partial charge in [0.2, 0.25) is 5.91 Å². The first-order chi connectivity index (χ1) is 8.25. The molecule has 0 bridgehead atoms. The second-order valence-electron chi connectivity index (χ2n) is 4.43. The molecule has 3 N–H and O–H groups in total. The van der Waals surface area contributed by atoms with Crippen LogP contribution in [-0.2, 0) is 11.2 Å². The van der Waals surface area contributed by atoms with Crippen molar-refractivity contribution in [3.63, 3.8) is 0 Å². The molecule has 1 aliphatic rings. The molecule has 1 aromatic rings. The number of nitrogens with two attached hydrogens (primary N) is 1. The van der Waals surface area contributed by atoms with Gasteiger partial charge in [-0.2, -0.15) is 0 Å². The van der Waals surface area contributed by atoms with Crippen molar-refractivity contribution in [1.29, 1.82) is 0 Å². The average molecular weight is 233 g/mol. The molecule has 0 saturated carbocycles. The van der Waals surface area contributed by atoms with Gasteiger partial charge in [-0.3, -0.25) is 9.69 Å². The van der Waals surface area contributed by atoms with Gasteiger partial charge in [0.1, 0.15) is 0 Å². The zero-order valence-electron chi connectivity index (χ0n) is 9.98. The van der Waals surface area contributed by atoms with E-state index < -0.39 is 0 Å². The van der Waals surface area contributed by atoms with Gasteiger partial charge in [0, 0.05) is 25.3 Å². The zero-order valence-corrected chi connectivity index (χ0v) is 9.98. The number of nitrogens with one attached hydrogen (secondary N) is 1. The van der Waals surface area contributed by atoms with E-state index >= 15 is 0 Å². The molecule has 2 rings (SSSR count). The van der Waals surface area contributed by atoms with Crippen LogP contribution in [0.3, 0.4) is 0 Å². The Morgan fingerprint density at radius 2 is 2.18 bits per heavy atom. The maximum absolute atomic E-state index is 11.4. The smallest absolute Gasteiger partial charge is 0.234 e. The first kappa shape index (κ1) is 11.9. The Balaban J connectivity index is 1.89. The number of amides is 1. The number of hydrogen-bond acceptors (Lipinski definition) is 3. The molecule has 0 aromatic heterocycles. The Hall–Kier alpha value is -1.55. The van der Waals surface area contributed by atoms with Crippen molar-refractivity contribution in [2.45, 2.75) is 12.8 Å². The topological polar surface area (TPSA) is 58.4 Å². The number of hydrogen-bond donors (Lipinski definition) is 2. The summed E-state index contributed by atoms with van der Waals surface area (Å²) in [4.78, 5) is 13.6. The molecular weight excluding hydrogens is 214 g/mol. The summed E-state index contributed by atoms with van der Waals surface area (Å²) in [5, 5.41) is 2.88. The summed E-state index contributed by atoms with van der Waals surface area (Å²) < 4.78 is 0. The fraction of sp³-hybridized carbons (Fsp3) is 0.462.